The molecule has 19 heavy (non-hydrogen) atoms. The molecule has 3 rings (SSSR count). The number of hydrogen-bond acceptors (Lipinski definition) is 3. The van der Waals surface area contributed by atoms with Crippen LogP contribution in [-0.4, -0.2) is 12.5 Å². The molecule has 1 heterocycles. The minimum atomic E-state index is -0.374. The van der Waals surface area contributed by atoms with E-state index in [4.69, 9.17) is 10.5 Å². The summed E-state index contributed by atoms with van der Waals surface area (Å²) >= 11 is 0. The molecule has 96 valence electrons. The molecule has 1 aliphatic heterocycles. The maximum atomic E-state index is 11.0. The molecule has 0 spiro atoms. The molecule has 0 bridgehead atoms. The van der Waals surface area contributed by atoms with Crippen LogP contribution in [0.25, 0.3) is 0 Å². The molecule has 0 atom stereocenters. The van der Waals surface area contributed by atoms with Crippen molar-refractivity contribution >= 4 is 5.91 Å². The van der Waals surface area contributed by atoms with Crippen molar-refractivity contribution in [3.8, 4) is 11.5 Å². The molecule has 0 aromatic heterocycles. The quantitative estimate of drug-likeness (QED) is 0.880. The molecule has 3 N–H and O–H groups in total. The predicted molar refractivity (Wildman–Crippen MR) is 72.0 cm³/mol. The van der Waals surface area contributed by atoms with Crippen LogP contribution in [0.3, 0.4) is 0 Å². The zero-order valence-electron chi connectivity index (χ0n) is 10.3. The van der Waals surface area contributed by atoms with E-state index in [0.717, 1.165) is 22.6 Å². The monoisotopic (exact) mass is 254 g/mol. The standard InChI is InChI=1S/C15H14N2O2/c16-14(18)9-17-15-10-5-1-3-7-12(10)19-13-8-4-2-6-11(13)15/h1-8,15,17H,9H2,(H2,16,18). The van der Waals surface area contributed by atoms with Gasteiger partial charge in [-0.25, -0.2) is 0 Å². The number of rotatable bonds is 3. The third-order valence-corrected chi connectivity index (χ3v) is 3.16. The lowest BCUT2D eigenvalue weighted by molar-refractivity contribution is -0.117. The van der Waals surface area contributed by atoms with E-state index < -0.39 is 0 Å². The molecular weight excluding hydrogens is 240 g/mol. The van der Waals surface area contributed by atoms with Crippen LogP contribution in [0.15, 0.2) is 48.5 Å². The first kappa shape index (κ1) is 11.7. The second kappa shape index (κ2) is 4.74. The Morgan fingerprint density at radius 1 is 1.05 bits per heavy atom. The van der Waals surface area contributed by atoms with E-state index >= 15 is 0 Å². The second-order valence-electron chi connectivity index (χ2n) is 4.46. The maximum absolute atomic E-state index is 11.0. The van der Waals surface area contributed by atoms with Gasteiger partial charge in [-0.05, 0) is 12.1 Å². The summed E-state index contributed by atoms with van der Waals surface area (Å²) in [6, 6.07) is 15.5. The van der Waals surface area contributed by atoms with Crippen LogP contribution >= 0.6 is 0 Å². The van der Waals surface area contributed by atoms with Crippen molar-refractivity contribution < 1.29 is 9.53 Å². The second-order valence-corrected chi connectivity index (χ2v) is 4.46. The van der Waals surface area contributed by atoms with E-state index in [0.29, 0.717) is 0 Å². The number of amides is 1. The summed E-state index contributed by atoms with van der Waals surface area (Å²) in [4.78, 5) is 11.0. The molecule has 2 aromatic rings. The zero-order valence-corrected chi connectivity index (χ0v) is 10.3. The highest BCUT2D eigenvalue weighted by atomic mass is 16.5. The van der Waals surface area contributed by atoms with Gasteiger partial charge in [-0.15, -0.1) is 0 Å². The first-order chi connectivity index (χ1) is 9.25. The van der Waals surface area contributed by atoms with E-state index in [1.165, 1.54) is 0 Å². The van der Waals surface area contributed by atoms with Gasteiger partial charge in [-0.2, -0.15) is 0 Å². The lowest BCUT2D eigenvalue weighted by Crippen LogP contribution is -2.33. The topological polar surface area (TPSA) is 64.4 Å². The smallest absolute Gasteiger partial charge is 0.231 e. The number of benzene rings is 2. The Hall–Kier alpha value is -2.33. The minimum absolute atomic E-state index is 0.0753. The molecule has 1 aliphatic rings. The van der Waals surface area contributed by atoms with Crippen molar-refractivity contribution in [3.05, 3.63) is 59.7 Å². The van der Waals surface area contributed by atoms with Gasteiger partial charge in [0, 0.05) is 11.1 Å². The molecule has 0 saturated carbocycles. The molecule has 2 aromatic carbocycles. The van der Waals surface area contributed by atoms with Gasteiger partial charge in [0.25, 0.3) is 0 Å². The first-order valence-electron chi connectivity index (χ1n) is 6.13. The van der Waals surface area contributed by atoms with Gasteiger partial charge in [0.05, 0.1) is 12.6 Å². The molecule has 4 nitrogen and oxygen atoms in total. The minimum Gasteiger partial charge on any atom is -0.457 e. The van der Waals surface area contributed by atoms with Gasteiger partial charge >= 0.3 is 0 Å². The van der Waals surface area contributed by atoms with Gasteiger partial charge < -0.3 is 10.5 Å². The molecule has 0 aliphatic carbocycles. The summed E-state index contributed by atoms with van der Waals surface area (Å²) in [5.74, 6) is 1.24. The van der Waals surface area contributed by atoms with Crippen molar-refractivity contribution in [2.45, 2.75) is 6.04 Å². The number of hydrogen-bond donors (Lipinski definition) is 2. The number of nitrogens with one attached hydrogen (secondary N) is 1. The number of fused-ring (bicyclic) bond motifs is 2. The predicted octanol–water partition coefficient (Wildman–Crippen LogP) is 1.96. The van der Waals surface area contributed by atoms with Crippen molar-refractivity contribution in [1.29, 1.82) is 0 Å². The van der Waals surface area contributed by atoms with Crippen molar-refractivity contribution in [2.75, 3.05) is 6.54 Å². The lowest BCUT2D eigenvalue weighted by Gasteiger charge is -2.28. The summed E-state index contributed by atoms with van der Waals surface area (Å²) < 4.78 is 5.86. The number of ether oxygens (including phenoxy) is 1. The number of nitrogens with two attached hydrogens (primary N) is 1. The molecule has 0 saturated heterocycles. The van der Waals surface area contributed by atoms with E-state index in [9.17, 15) is 4.79 Å². The van der Waals surface area contributed by atoms with Gasteiger partial charge in [-0.1, -0.05) is 36.4 Å². The molecule has 4 heteroatoms. The van der Waals surface area contributed by atoms with Crippen LogP contribution in [0.1, 0.15) is 17.2 Å². The Morgan fingerprint density at radius 3 is 2.11 bits per heavy atom. The molecule has 0 fully saturated rings. The fourth-order valence-corrected chi connectivity index (χ4v) is 2.33. The van der Waals surface area contributed by atoms with Crippen LogP contribution < -0.4 is 15.8 Å². The van der Waals surface area contributed by atoms with Crippen LogP contribution in [0.5, 0.6) is 11.5 Å². The largest absolute Gasteiger partial charge is 0.457 e. The Bertz CT molecular complexity index is 580. The van der Waals surface area contributed by atoms with Crippen LogP contribution in [0.4, 0.5) is 0 Å². The fraction of sp³-hybridized carbons (Fsp3) is 0.133. The van der Waals surface area contributed by atoms with Crippen molar-refractivity contribution in [2.24, 2.45) is 5.73 Å². The van der Waals surface area contributed by atoms with Crippen molar-refractivity contribution in [1.82, 2.24) is 5.32 Å². The number of para-hydroxylation sites is 2. The molecule has 1 amide bonds. The highest BCUT2D eigenvalue weighted by Gasteiger charge is 2.26. The van der Waals surface area contributed by atoms with E-state index in [1.54, 1.807) is 0 Å². The van der Waals surface area contributed by atoms with Gasteiger partial charge in [-0.3, -0.25) is 10.1 Å². The van der Waals surface area contributed by atoms with Crippen LogP contribution in [0, 0.1) is 0 Å². The van der Waals surface area contributed by atoms with Gasteiger partial charge in [0.1, 0.15) is 11.5 Å². The Balaban J connectivity index is 2.03. The molecule has 0 radical (unpaired) electrons. The van der Waals surface area contributed by atoms with Crippen molar-refractivity contribution in [3.63, 3.8) is 0 Å². The number of primary amides is 1. The van der Waals surface area contributed by atoms with E-state index in [-0.39, 0.29) is 18.5 Å². The van der Waals surface area contributed by atoms with E-state index in [1.807, 2.05) is 48.5 Å². The number of carbonyl (C=O) groups is 1. The first-order valence-corrected chi connectivity index (χ1v) is 6.13. The normalized spacial score (nSPS) is 13.3. The average molecular weight is 254 g/mol. The summed E-state index contributed by atoms with van der Waals surface area (Å²) in [6.45, 7) is 0.132. The Kier molecular flexibility index (Phi) is 2.93. The third kappa shape index (κ3) is 2.18. The SMILES string of the molecule is NC(=O)CNC1c2ccccc2Oc2ccccc21. The number of carbonyl (C=O) groups excluding carboxylic acids is 1. The van der Waals surface area contributed by atoms with Gasteiger partial charge in [0.15, 0.2) is 0 Å². The zero-order chi connectivity index (χ0) is 13.2. The summed E-state index contributed by atoms with van der Waals surface area (Å²) in [6.07, 6.45) is 0. The average Bonchev–Trinajstić information content (AvgIpc) is 2.43. The Morgan fingerprint density at radius 2 is 1.58 bits per heavy atom. The fourth-order valence-electron chi connectivity index (χ4n) is 2.33. The Labute approximate surface area is 111 Å². The maximum Gasteiger partial charge on any atom is 0.231 e. The molecular formula is C15H14N2O2. The highest BCUT2D eigenvalue weighted by Crippen LogP contribution is 2.42. The van der Waals surface area contributed by atoms with E-state index in [2.05, 4.69) is 5.32 Å². The van der Waals surface area contributed by atoms with Crippen LogP contribution in [-0.2, 0) is 4.79 Å². The summed E-state index contributed by atoms with van der Waals surface area (Å²) in [5.41, 5.74) is 7.25. The molecule has 0 unspecified atom stereocenters. The highest BCUT2D eigenvalue weighted by molar-refractivity contribution is 5.76. The summed E-state index contributed by atoms with van der Waals surface area (Å²) in [5, 5.41) is 3.18. The third-order valence-electron chi connectivity index (χ3n) is 3.16. The van der Waals surface area contributed by atoms with Gasteiger partial charge in [0.2, 0.25) is 5.91 Å². The lowest BCUT2D eigenvalue weighted by atomic mass is 9.94. The summed E-state index contributed by atoms with van der Waals surface area (Å²) in [7, 11) is 0. The van der Waals surface area contributed by atoms with Crippen LogP contribution in [0.2, 0.25) is 0 Å².